The van der Waals surface area contributed by atoms with E-state index in [1.807, 2.05) is 23.1 Å². The molecule has 2 aromatic rings. The van der Waals surface area contributed by atoms with Gasteiger partial charge in [0, 0.05) is 49.9 Å². The molecule has 0 saturated carbocycles. The van der Waals surface area contributed by atoms with Gasteiger partial charge in [-0.1, -0.05) is 6.07 Å². The molecule has 1 fully saturated rings. The normalized spacial score (nSPS) is 13.7. The molecule has 0 radical (unpaired) electrons. The van der Waals surface area contributed by atoms with Gasteiger partial charge in [0.1, 0.15) is 16.5 Å². The molecule has 2 N–H and O–H groups in total. The van der Waals surface area contributed by atoms with Crippen molar-refractivity contribution in [3.63, 3.8) is 0 Å². The Morgan fingerprint density at radius 1 is 1.28 bits per heavy atom. The van der Waals surface area contributed by atoms with Gasteiger partial charge >= 0.3 is 0 Å². The minimum Gasteiger partial charge on any atom is -0.497 e. The van der Waals surface area contributed by atoms with Gasteiger partial charge in [-0.05, 0) is 12.1 Å². The molecule has 1 aliphatic rings. The SMILES string of the molecule is COc1cccc(N2CCN(C(=O)c3csc(CN)n3)CC2)c1.Cl.Cl. The van der Waals surface area contributed by atoms with E-state index >= 15 is 0 Å². The summed E-state index contributed by atoms with van der Waals surface area (Å²) < 4.78 is 5.27. The number of aromatic nitrogens is 1. The smallest absolute Gasteiger partial charge is 0.273 e. The van der Waals surface area contributed by atoms with Gasteiger partial charge in [0.15, 0.2) is 0 Å². The first kappa shape index (κ1) is 21.5. The molecule has 1 saturated heterocycles. The standard InChI is InChI=1S/C16H20N4O2S.2ClH/c1-22-13-4-2-3-12(9-13)19-5-7-20(8-6-19)16(21)14-11-23-15(10-17)18-14;;/h2-4,9,11H,5-8,10,17H2,1H3;2*1H. The maximum Gasteiger partial charge on any atom is 0.273 e. The van der Waals surface area contributed by atoms with Crippen LogP contribution in [0.1, 0.15) is 15.5 Å². The molecule has 1 aliphatic heterocycles. The second-order valence-corrected chi connectivity index (χ2v) is 6.25. The van der Waals surface area contributed by atoms with E-state index in [1.54, 1.807) is 12.5 Å². The Kier molecular flexibility index (Phi) is 8.44. The predicted octanol–water partition coefficient (Wildman–Crippen LogP) is 2.42. The number of rotatable bonds is 4. The van der Waals surface area contributed by atoms with Crippen LogP contribution in [0.25, 0.3) is 0 Å². The van der Waals surface area contributed by atoms with E-state index in [-0.39, 0.29) is 30.7 Å². The monoisotopic (exact) mass is 404 g/mol. The fourth-order valence-corrected chi connectivity index (χ4v) is 3.29. The second kappa shape index (κ2) is 9.82. The lowest BCUT2D eigenvalue weighted by Crippen LogP contribution is -2.48. The van der Waals surface area contributed by atoms with E-state index in [1.165, 1.54) is 11.3 Å². The van der Waals surface area contributed by atoms with E-state index in [0.717, 1.165) is 29.5 Å². The highest BCUT2D eigenvalue weighted by atomic mass is 35.5. The molecule has 1 amide bonds. The number of thiazole rings is 1. The van der Waals surface area contributed by atoms with Crippen LogP contribution in [0.2, 0.25) is 0 Å². The number of benzene rings is 1. The molecule has 0 atom stereocenters. The summed E-state index contributed by atoms with van der Waals surface area (Å²) in [5.41, 5.74) is 7.18. The molecule has 9 heteroatoms. The average Bonchev–Trinajstić information content (AvgIpc) is 3.10. The van der Waals surface area contributed by atoms with Crippen LogP contribution in [-0.2, 0) is 6.54 Å². The van der Waals surface area contributed by atoms with Gasteiger partial charge in [0.05, 0.1) is 7.11 Å². The van der Waals surface area contributed by atoms with Gasteiger partial charge in [-0.25, -0.2) is 4.98 Å². The minimum absolute atomic E-state index is 0. The van der Waals surface area contributed by atoms with Gasteiger partial charge in [0.25, 0.3) is 5.91 Å². The number of amides is 1. The molecular formula is C16H22Cl2N4O2S. The van der Waals surface area contributed by atoms with Crippen molar-refractivity contribution in [3.05, 3.63) is 40.3 Å². The number of hydrogen-bond acceptors (Lipinski definition) is 6. The van der Waals surface area contributed by atoms with Crippen molar-refractivity contribution in [1.82, 2.24) is 9.88 Å². The summed E-state index contributed by atoms with van der Waals surface area (Å²) in [7, 11) is 1.67. The Labute approximate surface area is 163 Å². The van der Waals surface area contributed by atoms with Crippen LogP contribution in [0.3, 0.4) is 0 Å². The van der Waals surface area contributed by atoms with E-state index in [4.69, 9.17) is 10.5 Å². The molecular weight excluding hydrogens is 383 g/mol. The van der Waals surface area contributed by atoms with Crippen LogP contribution in [0, 0.1) is 0 Å². The lowest BCUT2D eigenvalue weighted by Gasteiger charge is -2.35. The minimum atomic E-state index is -0.00811. The Morgan fingerprint density at radius 3 is 2.60 bits per heavy atom. The van der Waals surface area contributed by atoms with Crippen molar-refractivity contribution in [1.29, 1.82) is 0 Å². The number of carbonyl (C=O) groups excluding carboxylic acids is 1. The summed E-state index contributed by atoms with van der Waals surface area (Å²) in [6.45, 7) is 3.35. The van der Waals surface area contributed by atoms with Crippen molar-refractivity contribution in [2.75, 3.05) is 38.2 Å². The van der Waals surface area contributed by atoms with Crippen LogP contribution < -0.4 is 15.4 Å². The van der Waals surface area contributed by atoms with Crippen molar-refractivity contribution in [3.8, 4) is 5.75 Å². The van der Waals surface area contributed by atoms with Gasteiger partial charge in [-0.3, -0.25) is 4.79 Å². The number of ether oxygens (including phenoxy) is 1. The number of carbonyl (C=O) groups is 1. The van der Waals surface area contributed by atoms with Gasteiger partial charge < -0.3 is 20.3 Å². The third-order valence-electron chi connectivity index (χ3n) is 3.93. The molecule has 0 aliphatic carbocycles. The van der Waals surface area contributed by atoms with E-state index in [9.17, 15) is 4.79 Å². The summed E-state index contributed by atoms with van der Waals surface area (Å²) in [5.74, 6) is 0.837. The van der Waals surface area contributed by atoms with Crippen LogP contribution in [-0.4, -0.2) is 49.1 Å². The molecule has 0 bridgehead atoms. The average molecular weight is 405 g/mol. The fourth-order valence-electron chi connectivity index (χ4n) is 2.64. The lowest BCUT2D eigenvalue weighted by molar-refractivity contribution is 0.0741. The molecule has 0 unspecified atom stereocenters. The van der Waals surface area contributed by atoms with Crippen molar-refractivity contribution >= 4 is 47.7 Å². The largest absolute Gasteiger partial charge is 0.497 e. The maximum absolute atomic E-state index is 12.5. The number of anilines is 1. The predicted molar refractivity (Wildman–Crippen MR) is 106 cm³/mol. The van der Waals surface area contributed by atoms with E-state index < -0.39 is 0 Å². The Hall–Kier alpha value is -1.54. The molecule has 2 heterocycles. The molecule has 6 nitrogen and oxygen atoms in total. The number of nitrogens with two attached hydrogens (primary N) is 1. The molecule has 3 rings (SSSR count). The Bertz CT molecular complexity index is 690. The summed E-state index contributed by atoms with van der Waals surface area (Å²) in [6, 6.07) is 8.00. The van der Waals surface area contributed by atoms with Crippen molar-refractivity contribution in [2.24, 2.45) is 5.73 Å². The highest BCUT2D eigenvalue weighted by Crippen LogP contribution is 2.22. The number of piperazine rings is 1. The summed E-state index contributed by atoms with van der Waals surface area (Å²) >= 11 is 1.44. The Balaban J connectivity index is 0.00000156. The molecule has 1 aromatic carbocycles. The van der Waals surface area contributed by atoms with Crippen LogP contribution in [0.15, 0.2) is 29.6 Å². The lowest BCUT2D eigenvalue weighted by atomic mass is 10.2. The highest BCUT2D eigenvalue weighted by Gasteiger charge is 2.24. The third kappa shape index (κ3) is 4.98. The summed E-state index contributed by atoms with van der Waals surface area (Å²) in [4.78, 5) is 20.9. The maximum atomic E-state index is 12.5. The van der Waals surface area contributed by atoms with Crippen molar-refractivity contribution in [2.45, 2.75) is 6.54 Å². The molecule has 138 valence electrons. The molecule has 0 spiro atoms. The quantitative estimate of drug-likeness (QED) is 0.846. The Morgan fingerprint density at radius 2 is 2.00 bits per heavy atom. The van der Waals surface area contributed by atoms with E-state index in [2.05, 4.69) is 16.0 Å². The zero-order valence-corrected chi connectivity index (χ0v) is 16.3. The number of hydrogen-bond donors (Lipinski definition) is 1. The van der Waals surface area contributed by atoms with Crippen LogP contribution in [0.5, 0.6) is 5.75 Å². The molecule has 25 heavy (non-hydrogen) atoms. The molecule has 1 aromatic heterocycles. The van der Waals surface area contributed by atoms with Crippen molar-refractivity contribution < 1.29 is 9.53 Å². The first-order valence-corrected chi connectivity index (χ1v) is 8.42. The number of nitrogens with zero attached hydrogens (tertiary/aromatic N) is 3. The summed E-state index contributed by atoms with van der Waals surface area (Å²) in [6.07, 6.45) is 0. The van der Waals surface area contributed by atoms with Crippen LogP contribution in [0.4, 0.5) is 5.69 Å². The van der Waals surface area contributed by atoms with Gasteiger partial charge in [-0.2, -0.15) is 0 Å². The summed E-state index contributed by atoms with van der Waals surface area (Å²) in [5, 5.41) is 2.59. The van der Waals surface area contributed by atoms with Gasteiger partial charge in [0.2, 0.25) is 0 Å². The van der Waals surface area contributed by atoms with Gasteiger partial charge in [-0.15, -0.1) is 36.2 Å². The zero-order chi connectivity index (χ0) is 16.2. The first-order valence-electron chi connectivity index (χ1n) is 7.54. The zero-order valence-electron chi connectivity index (χ0n) is 13.9. The van der Waals surface area contributed by atoms with Crippen LogP contribution >= 0.6 is 36.2 Å². The number of methoxy groups -OCH3 is 1. The second-order valence-electron chi connectivity index (χ2n) is 5.31. The topological polar surface area (TPSA) is 71.7 Å². The third-order valence-corrected chi connectivity index (χ3v) is 4.80. The highest BCUT2D eigenvalue weighted by molar-refractivity contribution is 7.09. The first-order chi connectivity index (χ1) is 11.2. The fraction of sp³-hybridized carbons (Fsp3) is 0.375. The van der Waals surface area contributed by atoms with E-state index in [0.29, 0.717) is 25.3 Å². The number of halogens is 2.